The van der Waals surface area contributed by atoms with Crippen LogP contribution in [0.15, 0.2) is 54.6 Å². The summed E-state index contributed by atoms with van der Waals surface area (Å²) in [4.78, 5) is 2.50. The largest absolute Gasteiger partial charge is 0.338 e. The van der Waals surface area contributed by atoms with E-state index in [4.69, 9.17) is 0 Å². The predicted molar refractivity (Wildman–Crippen MR) is 122 cm³/mol. The molecular formula is C27H31N. The first-order chi connectivity index (χ1) is 13.2. The van der Waals surface area contributed by atoms with Crippen molar-refractivity contribution >= 4 is 11.4 Å². The monoisotopic (exact) mass is 369 g/mol. The third-order valence-corrected chi connectivity index (χ3v) is 6.30. The van der Waals surface area contributed by atoms with Gasteiger partial charge in [0, 0.05) is 22.8 Å². The van der Waals surface area contributed by atoms with Crippen molar-refractivity contribution in [2.75, 3.05) is 4.90 Å². The summed E-state index contributed by atoms with van der Waals surface area (Å²) in [7, 11) is 0. The Morgan fingerprint density at radius 3 is 2.07 bits per heavy atom. The molecule has 0 heterocycles. The number of rotatable bonds is 3. The van der Waals surface area contributed by atoms with Crippen LogP contribution in [0.4, 0.5) is 11.4 Å². The first-order valence-electron chi connectivity index (χ1n) is 10.3. The van der Waals surface area contributed by atoms with Gasteiger partial charge in [-0.15, -0.1) is 0 Å². The summed E-state index contributed by atoms with van der Waals surface area (Å²) in [6.45, 7) is 15.9. The Morgan fingerprint density at radius 1 is 0.714 bits per heavy atom. The van der Waals surface area contributed by atoms with E-state index in [1.54, 1.807) is 0 Å². The quantitative estimate of drug-likeness (QED) is 0.463. The lowest BCUT2D eigenvalue weighted by Crippen LogP contribution is -2.27. The molecule has 28 heavy (non-hydrogen) atoms. The third-order valence-electron chi connectivity index (χ3n) is 6.30. The van der Waals surface area contributed by atoms with E-state index in [9.17, 15) is 0 Å². The van der Waals surface area contributed by atoms with E-state index in [0.29, 0.717) is 6.04 Å². The van der Waals surface area contributed by atoms with Crippen LogP contribution in [0.2, 0.25) is 0 Å². The maximum atomic E-state index is 2.50. The van der Waals surface area contributed by atoms with Crippen LogP contribution in [0.1, 0.15) is 55.5 Å². The van der Waals surface area contributed by atoms with Crippen molar-refractivity contribution in [1.82, 2.24) is 0 Å². The van der Waals surface area contributed by atoms with Crippen LogP contribution in [-0.2, 0) is 5.41 Å². The van der Waals surface area contributed by atoms with Crippen molar-refractivity contribution in [1.29, 1.82) is 0 Å². The van der Waals surface area contributed by atoms with Gasteiger partial charge in [-0.1, -0.05) is 55.8 Å². The number of fused-ring (bicyclic) bond motifs is 3. The van der Waals surface area contributed by atoms with E-state index in [-0.39, 0.29) is 5.41 Å². The van der Waals surface area contributed by atoms with Gasteiger partial charge in [-0.05, 0) is 86.2 Å². The smallest absolute Gasteiger partial charge is 0.0446 e. The molecular weight excluding hydrogens is 338 g/mol. The number of hydrogen-bond acceptors (Lipinski definition) is 1. The van der Waals surface area contributed by atoms with Gasteiger partial charge in [-0.3, -0.25) is 0 Å². The highest BCUT2D eigenvalue weighted by molar-refractivity contribution is 5.85. The van der Waals surface area contributed by atoms with Gasteiger partial charge in [-0.25, -0.2) is 0 Å². The summed E-state index contributed by atoms with van der Waals surface area (Å²) >= 11 is 0. The van der Waals surface area contributed by atoms with Crippen LogP contribution >= 0.6 is 0 Å². The molecule has 1 heteroatoms. The molecule has 3 aromatic rings. The molecule has 0 aliphatic heterocycles. The van der Waals surface area contributed by atoms with Crippen LogP contribution in [-0.4, -0.2) is 6.04 Å². The van der Waals surface area contributed by atoms with E-state index in [1.165, 1.54) is 50.3 Å². The standard InChI is InChI=1S/C27H31N/c1-17(2)28(25-11-9-8-10-19(25)4)26-16-24-22(15-20(26)5)21-14-18(3)12-13-23(21)27(24,6)7/h8-17H,1-7H3. The molecule has 0 N–H and O–H groups in total. The highest BCUT2D eigenvalue weighted by Gasteiger charge is 2.36. The van der Waals surface area contributed by atoms with Gasteiger partial charge in [0.05, 0.1) is 0 Å². The minimum absolute atomic E-state index is 0.0230. The van der Waals surface area contributed by atoms with Crippen LogP contribution in [0.3, 0.4) is 0 Å². The molecule has 1 aliphatic carbocycles. The van der Waals surface area contributed by atoms with E-state index in [2.05, 4.69) is 108 Å². The Bertz CT molecular complexity index is 1060. The molecule has 4 rings (SSSR count). The molecule has 0 saturated heterocycles. The summed E-state index contributed by atoms with van der Waals surface area (Å²) in [6, 6.07) is 20.9. The predicted octanol–water partition coefficient (Wildman–Crippen LogP) is 7.46. The summed E-state index contributed by atoms with van der Waals surface area (Å²) in [5.74, 6) is 0. The number of aryl methyl sites for hydroxylation is 3. The number of nitrogens with zero attached hydrogens (tertiary/aromatic N) is 1. The lowest BCUT2D eigenvalue weighted by Gasteiger charge is -2.33. The number of benzene rings is 3. The number of para-hydroxylation sites is 1. The number of hydrogen-bond donors (Lipinski definition) is 0. The Kier molecular flexibility index (Phi) is 4.38. The van der Waals surface area contributed by atoms with Crippen molar-refractivity contribution in [3.8, 4) is 11.1 Å². The van der Waals surface area contributed by atoms with Crippen LogP contribution in [0.5, 0.6) is 0 Å². The second-order valence-electron chi connectivity index (χ2n) is 9.11. The fourth-order valence-corrected chi connectivity index (χ4v) is 4.79. The van der Waals surface area contributed by atoms with Gasteiger partial charge in [0.15, 0.2) is 0 Å². The average Bonchev–Trinajstić information content (AvgIpc) is 2.83. The molecule has 0 bridgehead atoms. The fourth-order valence-electron chi connectivity index (χ4n) is 4.79. The third kappa shape index (κ3) is 2.76. The molecule has 0 amide bonds. The summed E-state index contributed by atoms with van der Waals surface area (Å²) in [5, 5.41) is 0. The topological polar surface area (TPSA) is 3.24 Å². The zero-order chi connectivity index (χ0) is 20.2. The molecule has 0 fully saturated rings. The van der Waals surface area contributed by atoms with Crippen molar-refractivity contribution in [3.05, 3.63) is 82.4 Å². The molecule has 1 aliphatic rings. The maximum Gasteiger partial charge on any atom is 0.0446 e. The van der Waals surface area contributed by atoms with Crippen LogP contribution < -0.4 is 4.90 Å². The van der Waals surface area contributed by atoms with Crippen molar-refractivity contribution in [2.45, 2.75) is 59.9 Å². The van der Waals surface area contributed by atoms with Crippen molar-refractivity contribution in [3.63, 3.8) is 0 Å². The first kappa shape index (κ1) is 18.8. The van der Waals surface area contributed by atoms with E-state index >= 15 is 0 Å². The van der Waals surface area contributed by atoms with E-state index < -0.39 is 0 Å². The zero-order valence-electron chi connectivity index (χ0n) is 18.2. The summed E-state index contributed by atoms with van der Waals surface area (Å²) in [6.07, 6.45) is 0. The maximum absolute atomic E-state index is 2.50. The van der Waals surface area contributed by atoms with E-state index in [0.717, 1.165) is 0 Å². The molecule has 1 nitrogen and oxygen atoms in total. The van der Waals surface area contributed by atoms with Gasteiger partial charge >= 0.3 is 0 Å². The molecule has 144 valence electrons. The molecule has 0 radical (unpaired) electrons. The Labute approximate surface area is 170 Å². The van der Waals surface area contributed by atoms with Gasteiger partial charge in [0.25, 0.3) is 0 Å². The van der Waals surface area contributed by atoms with Crippen LogP contribution in [0, 0.1) is 20.8 Å². The second-order valence-corrected chi connectivity index (χ2v) is 9.11. The summed E-state index contributed by atoms with van der Waals surface area (Å²) in [5.41, 5.74) is 12.3. The lowest BCUT2D eigenvalue weighted by molar-refractivity contribution is 0.659. The first-order valence-corrected chi connectivity index (χ1v) is 10.3. The molecule has 0 atom stereocenters. The highest BCUT2D eigenvalue weighted by Crippen LogP contribution is 2.51. The lowest BCUT2D eigenvalue weighted by atomic mass is 9.82. The normalized spacial score (nSPS) is 14.1. The number of anilines is 2. The molecule has 0 aromatic heterocycles. The van der Waals surface area contributed by atoms with Gasteiger partial charge in [0.2, 0.25) is 0 Å². The van der Waals surface area contributed by atoms with Gasteiger partial charge in [0.1, 0.15) is 0 Å². The van der Waals surface area contributed by atoms with Crippen molar-refractivity contribution in [2.24, 2.45) is 0 Å². The van der Waals surface area contributed by atoms with Gasteiger partial charge < -0.3 is 4.90 Å². The Hall–Kier alpha value is -2.54. The average molecular weight is 370 g/mol. The van der Waals surface area contributed by atoms with Gasteiger partial charge in [-0.2, -0.15) is 0 Å². The Balaban J connectivity index is 1.95. The minimum Gasteiger partial charge on any atom is -0.338 e. The highest BCUT2D eigenvalue weighted by atomic mass is 15.2. The molecule has 0 unspecified atom stereocenters. The van der Waals surface area contributed by atoms with Crippen molar-refractivity contribution < 1.29 is 0 Å². The van der Waals surface area contributed by atoms with Crippen LogP contribution in [0.25, 0.3) is 11.1 Å². The van der Waals surface area contributed by atoms with E-state index in [1.807, 2.05) is 0 Å². The summed E-state index contributed by atoms with van der Waals surface area (Å²) < 4.78 is 0. The minimum atomic E-state index is 0.0230. The zero-order valence-corrected chi connectivity index (χ0v) is 18.2. The second kappa shape index (κ2) is 6.51. The molecule has 0 saturated carbocycles. The Morgan fingerprint density at radius 2 is 1.39 bits per heavy atom. The fraction of sp³-hybridized carbons (Fsp3) is 0.333. The SMILES string of the molecule is Cc1ccc2c(c1)-c1cc(C)c(N(c3ccccc3C)C(C)C)cc1C2(C)C. The molecule has 3 aromatic carbocycles. The molecule has 0 spiro atoms.